The highest BCUT2D eigenvalue weighted by molar-refractivity contribution is 9.10. The van der Waals surface area contributed by atoms with E-state index in [0.29, 0.717) is 18.8 Å². The average Bonchev–Trinajstić information content (AvgIpc) is 3.12. The topological polar surface area (TPSA) is 50.5 Å². The van der Waals surface area contributed by atoms with Gasteiger partial charge in [0.2, 0.25) is 0 Å². The van der Waals surface area contributed by atoms with Gasteiger partial charge in [-0.1, -0.05) is 34.1 Å². The van der Waals surface area contributed by atoms with Gasteiger partial charge in [-0.3, -0.25) is 9.78 Å². The van der Waals surface area contributed by atoms with Gasteiger partial charge in [0.05, 0.1) is 12.2 Å². The molecule has 3 heterocycles. The van der Waals surface area contributed by atoms with Crippen LogP contribution in [0.25, 0.3) is 5.65 Å². The Balaban J connectivity index is 1.65. The van der Waals surface area contributed by atoms with E-state index < -0.39 is 0 Å². The minimum absolute atomic E-state index is 0.116. The van der Waals surface area contributed by atoms with Gasteiger partial charge in [-0.15, -0.1) is 0 Å². The Labute approximate surface area is 171 Å². The summed E-state index contributed by atoms with van der Waals surface area (Å²) in [6.07, 6.45) is 5.45. The van der Waals surface area contributed by atoms with Crippen molar-refractivity contribution in [2.45, 2.75) is 20.0 Å². The first kappa shape index (κ1) is 18.4. The molecule has 0 saturated carbocycles. The number of pyridine rings is 2. The Morgan fingerprint density at radius 2 is 1.93 bits per heavy atom. The van der Waals surface area contributed by atoms with E-state index in [1.807, 2.05) is 72.1 Å². The number of amides is 1. The van der Waals surface area contributed by atoms with E-state index in [4.69, 9.17) is 0 Å². The van der Waals surface area contributed by atoms with Gasteiger partial charge in [-0.2, -0.15) is 0 Å². The summed E-state index contributed by atoms with van der Waals surface area (Å²) >= 11 is 3.45. The number of hydrogen-bond acceptors (Lipinski definition) is 3. The molecule has 0 spiro atoms. The fourth-order valence-corrected chi connectivity index (χ4v) is 3.31. The molecule has 4 aromatic rings. The molecule has 0 N–H and O–H groups in total. The first-order valence-electron chi connectivity index (χ1n) is 8.97. The molecule has 0 saturated heterocycles. The number of fused-ring (bicyclic) bond motifs is 1. The Kier molecular flexibility index (Phi) is 5.21. The summed E-state index contributed by atoms with van der Waals surface area (Å²) in [6, 6.07) is 17.7. The van der Waals surface area contributed by atoms with Gasteiger partial charge < -0.3 is 9.30 Å². The minimum atomic E-state index is -0.116. The summed E-state index contributed by atoms with van der Waals surface area (Å²) < 4.78 is 2.88. The molecule has 0 aliphatic carbocycles. The van der Waals surface area contributed by atoms with Crippen molar-refractivity contribution >= 4 is 27.5 Å². The highest BCUT2D eigenvalue weighted by Gasteiger charge is 2.20. The van der Waals surface area contributed by atoms with Crippen LogP contribution in [0.5, 0.6) is 0 Å². The Morgan fingerprint density at radius 3 is 2.68 bits per heavy atom. The summed E-state index contributed by atoms with van der Waals surface area (Å²) in [6.45, 7) is 2.91. The summed E-state index contributed by atoms with van der Waals surface area (Å²) in [5.41, 5.74) is 4.19. The zero-order valence-corrected chi connectivity index (χ0v) is 17.0. The van der Waals surface area contributed by atoms with Crippen LogP contribution in [0, 0.1) is 6.92 Å². The number of nitrogens with zero attached hydrogens (tertiary/aromatic N) is 4. The van der Waals surface area contributed by atoms with Crippen molar-refractivity contribution < 1.29 is 4.79 Å². The molecule has 1 aromatic carbocycles. The Hall–Kier alpha value is -2.99. The van der Waals surface area contributed by atoms with Gasteiger partial charge in [-0.25, -0.2) is 4.98 Å². The predicted molar refractivity (Wildman–Crippen MR) is 112 cm³/mol. The smallest absolute Gasteiger partial charge is 0.274 e. The van der Waals surface area contributed by atoms with Crippen molar-refractivity contribution in [3.63, 3.8) is 0 Å². The molecule has 140 valence electrons. The number of carbonyl (C=O) groups is 1. The molecule has 4 rings (SSSR count). The quantitative estimate of drug-likeness (QED) is 0.459. The fraction of sp³-hybridized carbons (Fsp3) is 0.136. The van der Waals surface area contributed by atoms with Crippen molar-refractivity contribution in [1.82, 2.24) is 19.3 Å². The number of rotatable bonds is 5. The van der Waals surface area contributed by atoms with E-state index in [1.165, 1.54) is 0 Å². The van der Waals surface area contributed by atoms with Crippen molar-refractivity contribution in [2.75, 3.05) is 0 Å². The maximum absolute atomic E-state index is 13.3. The highest BCUT2D eigenvalue weighted by Crippen LogP contribution is 2.17. The van der Waals surface area contributed by atoms with Crippen LogP contribution >= 0.6 is 15.9 Å². The molecular formula is C22H19BrN4O. The Morgan fingerprint density at radius 1 is 1.11 bits per heavy atom. The second-order valence-corrected chi connectivity index (χ2v) is 7.62. The van der Waals surface area contributed by atoms with E-state index >= 15 is 0 Å². The molecule has 0 aliphatic rings. The summed E-state index contributed by atoms with van der Waals surface area (Å²) in [5, 5.41) is 0. The van der Waals surface area contributed by atoms with E-state index in [2.05, 4.69) is 25.9 Å². The van der Waals surface area contributed by atoms with Crippen LogP contribution in [0.1, 0.15) is 27.3 Å². The standard InChI is InChI=1S/C22H19BrN4O/c1-16-9-11-26-15-20(25-21(26)12-16)22(28)27(14-19-4-2-3-10-24-19)13-17-5-7-18(23)8-6-17/h2-12,15H,13-14H2,1H3. The van der Waals surface area contributed by atoms with Gasteiger partial charge in [-0.05, 0) is 54.4 Å². The monoisotopic (exact) mass is 434 g/mol. The van der Waals surface area contributed by atoms with Crippen molar-refractivity contribution in [3.8, 4) is 0 Å². The van der Waals surface area contributed by atoms with E-state index in [1.54, 1.807) is 17.3 Å². The minimum Gasteiger partial charge on any atom is -0.327 e. The molecule has 0 radical (unpaired) electrons. The third-order valence-corrected chi connectivity index (χ3v) is 5.02. The SMILES string of the molecule is Cc1ccn2cc(C(=O)N(Cc3ccc(Br)cc3)Cc3ccccn3)nc2c1. The molecule has 0 aliphatic heterocycles. The predicted octanol–water partition coefficient (Wildman–Crippen LogP) is 4.64. The molecule has 6 heteroatoms. The maximum atomic E-state index is 13.3. The number of aryl methyl sites for hydroxylation is 1. The van der Waals surface area contributed by atoms with Gasteiger partial charge >= 0.3 is 0 Å². The molecule has 0 fully saturated rings. The van der Waals surface area contributed by atoms with Gasteiger partial charge in [0.1, 0.15) is 11.3 Å². The molecule has 1 amide bonds. The molecule has 28 heavy (non-hydrogen) atoms. The summed E-state index contributed by atoms with van der Waals surface area (Å²) in [5.74, 6) is -0.116. The van der Waals surface area contributed by atoms with Gasteiger partial charge in [0, 0.05) is 29.6 Å². The van der Waals surface area contributed by atoms with Crippen molar-refractivity contribution in [3.05, 3.63) is 100 Å². The summed E-state index contributed by atoms with van der Waals surface area (Å²) in [7, 11) is 0. The third-order valence-electron chi connectivity index (χ3n) is 4.49. The number of aromatic nitrogens is 3. The van der Waals surface area contributed by atoms with Crippen molar-refractivity contribution in [1.29, 1.82) is 0 Å². The zero-order valence-electron chi connectivity index (χ0n) is 15.4. The molecule has 0 atom stereocenters. The highest BCUT2D eigenvalue weighted by atomic mass is 79.9. The number of halogens is 1. The number of hydrogen-bond donors (Lipinski definition) is 0. The normalized spacial score (nSPS) is 10.9. The first-order chi connectivity index (χ1) is 13.6. The second-order valence-electron chi connectivity index (χ2n) is 6.70. The Bertz CT molecular complexity index is 1110. The summed E-state index contributed by atoms with van der Waals surface area (Å²) in [4.78, 5) is 24.0. The molecule has 5 nitrogen and oxygen atoms in total. The lowest BCUT2D eigenvalue weighted by Crippen LogP contribution is -2.30. The van der Waals surface area contributed by atoms with E-state index in [0.717, 1.165) is 26.9 Å². The fourth-order valence-electron chi connectivity index (χ4n) is 3.05. The number of imidazole rings is 1. The lowest BCUT2D eigenvalue weighted by atomic mass is 10.2. The first-order valence-corrected chi connectivity index (χ1v) is 9.77. The maximum Gasteiger partial charge on any atom is 0.274 e. The largest absolute Gasteiger partial charge is 0.327 e. The number of carbonyl (C=O) groups excluding carboxylic acids is 1. The van der Waals surface area contributed by atoms with Crippen molar-refractivity contribution in [2.24, 2.45) is 0 Å². The van der Waals surface area contributed by atoms with Crippen LogP contribution in [0.15, 0.2) is 77.7 Å². The van der Waals surface area contributed by atoms with Crippen LogP contribution in [-0.2, 0) is 13.1 Å². The lowest BCUT2D eigenvalue weighted by molar-refractivity contribution is 0.0722. The van der Waals surface area contributed by atoms with Gasteiger partial charge in [0.15, 0.2) is 0 Å². The second kappa shape index (κ2) is 7.94. The van der Waals surface area contributed by atoms with Crippen LogP contribution in [0.2, 0.25) is 0 Å². The van der Waals surface area contributed by atoms with E-state index in [9.17, 15) is 4.79 Å². The van der Waals surface area contributed by atoms with Crippen LogP contribution in [-0.4, -0.2) is 25.2 Å². The van der Waals surface area contributed by atoms with E-state index in [-0.39, 0.29) is 5.91 Å². The average molecular weight is 435 g/mol. The molecule has 0 bridgehead atoms. The van der Waals surface area contributed by atoms with Gasteiger partial charge in [0.25, 0.3) is 5.91 Å². The van der Waals surface area contributed by atoms with Crippen LogP contribution < -0.4 is 0 Å². The molecular weight excluding hydrogens is 416 g/mol. The zero-order chi connectivity index (χ0) is 19.5. The third kappa shape index (κ3) is 4.12. The number of benzene rings is 1. The molecule has 0 unspecified atom stereocenters. The lowest BCUT2D eigenvalue weighted by Gasteiger charge is -2.21. The van der Waals surface area contributed by atoms with Crippen LogP contribution in [0.3, 0.4) is 0 Å². The van der Waals surface area contributed by atoms with Crippen LogP contribution in [0.4, 0.5) is 0 Å². The molecule has 3 aromatic heterocycles.